The van der Waals surface area contributed by atoms with E-state index in [2.05, 4.69) is 10.1 Å². The number of nitrogens with zero attached hydrogens (tertiary/aromatic N) is 3. The molecule has 0 atom stereocenters. The molecule has 6 nitrogen and oxygen atoms in total. The second-order valence-electron chi connectivity index (χ2n) is 6.15. The van der Waals surface area contributed by atoms with E-state index in [1.807, 2.05) is 52.2 Å². The van der Waals surface area contributed by atoms with Gasteiger partial charge in [-0.2, -0.15) is 5.10 Å². The van der Waals surface area contributed by atoms with Crippen LogP contribution in [0.4, 0.5) is 0 Å². The van der Waals surface area contributed by atoms with Gasteiger partial charge in [-0.15, -0.1) is 0 Å². The monoisotopic (exact) mass is 334 g/mol. The van der Waals surface area contributed by atoms with E-state index >= 15 is 0 Å². The molecular formula is C19H18N4O2. The molecule has 1 amide bonds. The molecule has 25 heavy (non-hydrogen) atoms. The van der Waals surface area contributed by atoms with Gasteiger partial charge in [0.2, 0.25) is 11.5 Å². The normalized spacial score (nSPS) is 13.0. The highest BCUT2D eigenvalue weighted by Gasteiger charge is 2.27. The highest BCUT2D eigenvalue weighted by molar-refractivity contribution is 5.77. The van der Waals surface area contributed by atoms with Gasteiger partial charge in [0.15, 0.2) is 0 Å². The first kappa shape index (κ1) is 15.4. The maximum absolute atomic E-state index is 12.5. The number of fused-ring (bicyclic) bond motifs is 1. The summed E-state index contributed by atoms with van der Waals surface area (Å²) in [5.41, 5.74) is 3.80. The van der Waals surface area contributed by atoms with Crippen molar-refractivity contribution < 1.29 is 4.79 Å². The molecule has 3 aromatic rings. The van der Waals surface area contributed by atoms with Crippen LogP contribution in [-0.2, 0) is 24.3 Å². The molecule has 0 saturated heterocycles. The van der Waals surface area contributed by atoms with Crippen molar-refractivity contribution in [2.75, 3.05) is 0 Å². The van der Waals surface area contributed by atoms with Gasteiger partial charge in [0.25, 0.3) is 0 Å². The number of aromatic nitrogens is 3. The SMILES string of the molecule is O=C(CCc1cccc(=O)[nH]1)N1Cc2cnn(-c3ccccc3)c2C1. The quantitative estimate of drug-likeness (QED) is 0.794. The molecule has 6 heteroatoms. The number of hydrogen-bond acceptors (Lipinski definition) is 3. The lowest BCUT2D eigenvalue weighted by atomic mass is 10.2. The Morgan fingerprint density at radius 2 is 1.92 bits per heavy atom. The van der Waals surface area contributed by atoms with Gasteiger partial charge < -0.3 is 9.88 Å². The van der Waals surface area contributed by atoms with Gasteiger partial charge >= 0.3 is 0 Å². The molecule has 0 radical (unpaired) electrons. The lowest BCUT2D eigenvalue weighted by molar-refractivity contribution is -0.131. The molecule has 1 aliphatic heterocycles. The Kier molecular flexibility index (Phi) is 3.93. The third kappa shape index (κ3) is 3.10. The van der Waals surface area contributed by atoms with E-state index < -0.39 is 0 Å². The van der Waals surface area contributed by atoms with Gasteiger partial charge in [-0.3, -0.25) is 9.59 Å². The van der Waals surface area contributed by atoms with Crippen molar-refractivity contribution in [3.8, 4) is 5.69 Å². The van der Waals surface area contributed by atoms with E-state index in [0.717, 1.165) is 22.6 Å². The van der Waals surface area contributed by atoms with E-state index in [-0.39, 0.29) is 11.5 Å². The number of nitrogens with one attached hydrogen (secondary N) is 1. The van der Waals surface area contributed by atoms with Crippen molar-refractivity contribution in [2.45, 2.75) is 25.9 Å². The summed E-state index contributed by atoms with van der Waals surface area (Å²) in [5.74, 6) is 0.0838. The number of rotatable bonds is 4. The van der Waals surface area contributed by atoms with E-state index in [9.17, 15) is 9.59 Å². The van der Waals surface area contributed by atoms with Crippen molar-refractivity contribution in [3.63, 3.8) is 0 Å². The zero-order valence-corrected chi connectivity index (χ0v) is 13.7. The number of para-hydroxylation sites is 1. The fourth-order valence-corrected chi connectivity index (χ4v) is 3.16. The molecule has 0 fully saturated rings. The molecule has 2 aromatic heterocycles. The Morgan fingerprint density at radius 3 is 2.72 bits per heavy atom. The van der Waals surface area contributed by atoms with Crippen molar-refractivity contribution in [1.82, 2.24) is 19.7 Å². The summed E-state index contributed by atoms with van der Waals surface area (Å²) in [6, 6.07) is 14.9. The van der Waals surface area contributed by atoms with Crippen LogP contribution in [-0.4, -0.2) is 25.6 Å². The molecule has 0 aliphatic carbocycles. The van der Waals surface area contributed by atoms with E-state index in [0.29, 0.717) is 25.9 Å². The number of pyridine rings is 1. The minimum absolute atomic E-state index is 0.0838. The minimum atomic E-state index is -0.138. The molecule has 126 valence electrons. The van der Waals surface area contributed by atoms with Gasteiger partial charge in [-0.25, -0.2) is 4.68 Å². The van der Waals surface area contributed by atoms with Crippen LogP contribution in [0.5, 0.6) is 0 Å². The number of H-pyrrole nitrogens is 1. The molecule has 0 unspecified atom stereocenters. The van der Waals surface area contributed by atoms with Crippen molar-refractivity contribution in [2.24, 2.45) is 0 Å². The third-order valence-electron chi connectivity index (χ3n) is 4.45. The van der Waals surface area contributed by atoms with Crippen LogP contribution in [0.3, 0.4) is 0 Å². The molecule has 0 bridgehead atoms. The van der Waals surface area contributed by atoms with Crippen molar-refractivity contribution >= 4 is 5.91 Å². The van der Waals surface area contributed by atoms with Crippen LogP contribution in [0, 0.1) is 0 Å². The molecule has 3 heterocycles. The maximum atomic E-state index is 12.5. The van der Waals surface area contributed by atoms with Crippen LogP contribution >= 0.6 is 0 Å². The van der Waals surface area contributed by atoms with Crippen molar-refractivity contribution in [3.05, 3.63) is 82.0 Å². The second-order valence-corrected chi connectivity index (χ2v) is 6.15. The molecule has 1 N–H and O–H groups in total. The summed E-state index contributed by atoms with van der Waals surface area (Å²) in [4.78, 5) is 28.4. The number of aryl methyl sites for hydroxylation is 1. The molecule has 1 aromatic carbocycles. The third-order valence-corrected chi connectivity index (χ3v) is 4.45. The first-order chi connectivity index (χ1) is 12.2. The van der Waals surface area contributed by atoms with Crippen LogP contribution < -0.4 is 5.56 Å². The first-order valence-corrected chi connectivity index (χ1v) is 8.28. The first-order valence-electron chi connectivity index (χ1n) is 8.28. The minimum Gasteiger partial charge on any atom is -0.332 e. The Hall–Kier alpha value is -3.15. The predicted molar refractivity (Wildman–Crippen MR) is 93.2 cm³/mol. The van der Waals surface area contributed by atoms with Gasteiger partial charge in [-0.1, -0.05) is 24.3 Å². The van der Waals surface area contributed by atoms with Crippen LogP contribution in [0.2, 0.25) is 0 Å². The lowest BCUT2D eigenvalue weighted by Gasteiger charge is -2.16. The fraction of sp³-hybridized carbons (Fsp3) is 0.211. The summed E-state index contributed by atoms with van der Waals surface area (Å²) < 4.78 is 1.90. The highest BCUT2D eigenvalue weighted by Crippen LogP contribution is 2.25. The van der Waals surface area contributed by atoms with Crippen molar-refractivity contribution in [1.29, 1.82) is 0 Å². The number of hydrogen-bond donors (Lipinski definition) is 1. The lowest BCUT2D eigenvalue weighted by Crippen LogP contribution is -2.26. The average molecular weight is 334 g/mol. The summed E-state index contributed by atoms with van der Waals surface area (Å²) in [6.07, 6.45) is 2.75. The van der Waals surface area contributed by atoms with E-state index in [4.69, 9.17) is 0 Å². The highest BCUT2D eigenvalue weighted by atomic mass is 16.2. The van der Waals surface area contributed by atoms with Gasteiger partial charge in [0.1, 0.15) is 0 Å². The largest absolute Gasteiger partial charge is 0.332 e. The Bertz CT molecular complexity index is 959. The van der Waals surface area contributed by atoms with Crippen LogP contribution in [0.1, 0.15) is 23.4 Å². The van der Waals surface area contributed by atoms with E-state index in [1.165, 1.54) is 6.07 Å². The summed E-state index contributed by atoms with van der Waals surface area (Å²) in [6.45, 7) is 1.15. The number of benzene rings is 1. The Balaban J connectivity index is 1.44. The maximum Gasteiger partial charge on any atom is 0.248 e. The van der Waals surface area contributed by atoms with Crippen LogP contribution in [0.25, 0.3) is 5.69 Å². The Labute approximate surface area is 144 Å². The predicted octanol–water partition coefficient (Wildman–Crippen LogP) is 2.04. The second kappa shape index (κ2) is 6.39. The standard InChI is InChI=1S/C19H18N4O2/c24-18-8-4-5-15(21-18)9-10-19(25)22-12-14-11-20-23(17(14)13-22)16-6-2-1-3-7-16/h1-8,11H,9-10,12-13H2,(H,21,24). The fourth-order valence-electron chi connectivity index (χ4n) is 3.16. The van der Waals surface area contributed by atoms with Gasteiger partial charge in [0, 0.05) is 30.3 Å². The number of carbonyl (C=O) groups is 1. The molecular weight excluding hydrogens is 316 g/mol. The molecule has 4 rings (SSSR count). The topological polar surface area (TPSA) is 71.0 Å². The summed E-state index contributed by atoms with van der Waals surface area (Å²) in [7, 11) is 0. The van der Waals surface area contributed by atoms with Gasteiger partial charge in [-0.05, 0) is 24.6 Å². The smallest absolute Gasteiger partial charge is 0.248 e. The number of carbonyl (C=O) groups excluding carboxylic acids is 1. The summed E-state index contributed by atoms with van der Waals surface area (Å²) >= 11 is 0. The van der Waals surface area contributed by atoms with Crippen LogP contribution in [0.15, 0.2) is 59.5 Å². The zero-order valence-electron chi connectivity index (χ0n) is 13.7. The van der Waals surface area contributed by atoms with Gasteiger partial charge in [0.05, 0.1) is 24.1 Å². The molecule has 0 spiro atoms. The zero-order chi connectivity index (χ0) is 17.2. The Morgan fingerprint density at radius 1 is 1.08 bits per heavy atom. The number of amides is 1. The molecule has 0 saturated carbocycles. The number of aromatic amines is 1. The molecule has 1 aliphatic rings. The summed E-state index contributed by atoms with van der Waals surface area (Å²) in [5, 5.41) is 4.44. The average Bonchev–Trinajstić information content (AvgIpc) is 3.21. The van der Waals surface area contributed by atoms with E-state index in [1.54, 1.807) is 6.07 Å².